The van der Waals surface area contributed by atoms with E-state index in [1.807, 2.05) is 24.3 Å². The Labute approximate surface area is 106 Å². The van der Waals surface area contributed by atoms with Gasteiger partial charge in [-0.1, -0.05) is 28.1 Å². The lowest BCUT2D eigenvalue weighted by molar-refractivity contribution is -0.384. The second kappa shape index (κ2) is 4.50. The van der Waals surface area contributed by atoms with Crippen LogP contribution in [0.15, 0.2) is 40.9 Å². The van der Waals surface area contributed by atoms with Crippen molar-refractivity contribution in [3.63, 3.8) is 0 Å². The van der Waals surface area contributed by atoms with E-state index in [2.05, 4.69) is 20.9 Å². The number of halogens is 1. The third-order valence-electron chi connectivity index (χ3n) is 2.18. The number of benzene rings is 1. The number of nitrogens with zero attached hydrogens (tertiary/aromatic N) is 2. The number of rotatable bonds is 2. The fourth-order valence-corrected chi connectivity index (χ4v) is 1.68. The van der Waals surface area contributed by atoms with Crippen molar-refractivity contribution in [3.05, 3.63) is 51.0 Å². The Bertz CT molecular complexity index is 569. The first kappa shape index (κ1) is 11.5. The van der Waals surface area contributed by atoms with Crippen LogP contribution in [-0.4, -0.2) is 9.91 Å². The minimum absolute atomic E-state index is 0.0598. The highest BCUT2D eigenvalue weighted by Gasteiger charge is 2.10. The molecule has 1 aromatic heterocycles. The van der Waals surface area contributed by atoms with Gasteiger partial charge in [-0.2, -0.15) is 0 Å². The minimum atomic E-state index is -0.486. The van der Waals surface area contributed by atoms with E-state index in [9.17, 15) is 10.1 Å². The van der Waals surface area contributed by atoms with Crippen molar-refractivity contribution in [1.82, 2.24) is 4.98 Å². The van der Waals surface area contributed by atoms with Gasteiger partial charge in [-0.15, -0.1) is 0 Å². The smallest absolute Gasteiger partial charge is 0.275 e. The van der Waals surface area contributed by atoms with Crippen LogP contribution in [0.25, 0.3) is 11.3 Å². The zero-order valence-electron chi connectivity index (χ0n) is 8.63. The summed E-state index contributed by atoms with van der Waals surface area (Å²) in [4.78, 5) is 14.3. The molecule has 0 unspecified atom stereocenters. The van der Waals surface area contributed by atoms with Crippen molar-refractivity contribution in [2.75, 3.05) is 5.73 Å². The lowest BCUT2D eigenvalue weighted by Gasteiger charge is -2.02. The highest BCUT2D eigenvalue weighted by atomic mass is 79.9. The summed E-state index contributed by atoms with van der Waals surface area (Å²) in [5.41, 5.74) is 6.75. The van der Waals surface area contributed by atoms with Gasteiger partial charge in [-0.25, -0.2) is 4.98 Å². The average Bonchev–Trinajstić information content (AvgIpc) is 2.29. The summed E-state index contributed by atoms with van der Waals surface area (Å²) in [6.45, 7) is 0. The highest BCUT2D eigenvalue weighted by Crippen LogP contribution is 2.25. The van der Waals surface area contributed by atoms with Crippen LogP contribution in [0.4, 0.5) is 11.5 Å². The van der Waals surface area contributed by atoms with Gasteiger partial charge in [-0.3, -0.25) is 10.1 Å². The Morgan fingerprint density at radius 3 is 2.47 bits per heavy atom. The molecule has 86 valence electrons. The molecule has 17 heavy (non-hydrogen) atoms. The summed E-state index contributed by atoms with van der Waals surface area (Å²) in [5.74, 6) is 0.136. The van der Waals surface area contributed by atoms with Crippen molar-refractivity contribution in [2.24, 2.45) is 0 Å². The van der Waals surface area contributed by atoms with E-state index in [4.69, 9.17) is 5.73 Å². The maximum Gasteiger partial charge on any atom is 0.275 e. The molecule has 1 aromatic carbocycles. The second-order valence-electron chi connectivity index (χ2n) is 3.40. The highest BCUT2D eigenvalue weighted by molar-refractivity contribution is 9.10. The molecule has 0 aliphatic heterocycles. The molecule has 6 heteroatoms. The monoisotopic (exact) mass is 293 g/mol. The van der Waals surface area contributed by atoms with E-state index in [-0.39, 0.29) is 11.5 Å². The molecule has 0 saturated carbocycles. The summed E-state index contributed by atoms with van der Waals surface area (Å²) in [6.07, 6.45) is 0. The lowest BCUT2D eigenvalue weighted by atomic mass is 10.1. The van der Waals surface area contributed by atoms with Crippen LogP contribution >= 0.6 is 15.9 Å². The molecule has 0 saturated heterocycles. The summed E-state index contributed by atoms with van der Waals surface area (Å²) in [7, 11) is 0. The van der Waals surface area contributed by atoms with E-state index < -0.39 is 4.92 Å². The van der Waals surface area contributed by atoms with Gasteiger partial charge in [0.15, 0.2) is 0 Å². The van der Waals surface area contributed by atoms with Crippen LogP contribution in [0.2, 0.25) is 0 Å². The molecule has 0 amide bonds. The molecule has 0 aliphatic carbocycles. The van der Waals surface area contributed by atoms with E-state index in [0.29, 0.717) is 5.69 Å². The quantitative estimate of drug-likeness (QED) is 0.681. The summed E-state index contributed by atoms with van der Waals surface area (Å²) in [6, 6.07) is 9.95. The maximum atomic E-state index is 10.7. The van der Waals surface area contributed by atoms with Gasteiger partial charge in [0.25, 0.3) is 5.69 Å². The molecule has 0 bridgehead atoms. The Morgan fingerprint density at radius 2 is 1.88 bits per heavy atom. The largest absolute Gasteiger partial charge is 0.383 e. The van der Waals surface area contributed by atoms with Gasteiger partial charge < -0.3 is 5.73 Å². The van der Waals surface area contributed by atoms with Crippen LogP contribution < -0.4 is 5.73 Å². The number of nitrogens with two attached hydrogens (primary N) is 1. The zero-order valence-corrected chi connectivity index (χ0v) is 10.2. The van der Waals surface area contributed by atoms with Gasteiger partial charge in [0, 0.05) is 16.1 Å². The Hall–Kier alpha value is -1.95. The molecule has 0 spiro atoms. The number of nitro groups is 1. The molecule has 2 N–H and O–H groups in total. The number of pyridine rings is 1. The molecular weight excluding hydrogens is 286 g/mol. The molecule has 0 fully saturated rings. The molecule has 0 atom stereocenters. The van der Waals surface area contributed by atoms with Gasteiger partial charge in [0.2, 0.25) is 0 Å². The number of hydrogen-bond acceptors (Lipinski definition) is 4. The first-order valence-corrected chi connectivity index (χ1v) is 5.53. The van der Waals surface area contributed by atoms with Gasteiger partial charge >= 0.3 is 0 Å². The van der Waals surface area contributed by atoms with Crippen LogP contribution in [0.1, 0.15) is 0 Å². The predicted octanol–water partition coefficient (Wildman–Crippen LogP) is 3.00. The van der Waals surface area contributed by atoms with Crippen molar-refractivity contribution >= 4 is 27.4 Å². The molecule has 1 heterocycles. The maximum absolute atomic E-state index is 10.7. The normalized spacial score (nSPS) is 10.2. The van der Waals surface area contributed by atoms with E-state index in [1.54, 1.807) is 0 Å². The van der Waals surface area contributed by atoms with E-state index in [1.165, 1.54) is 12.1 Å². The first-order valence-electron chi connectivity index (χ1n) is 4.74. The van der Waals surface area contributed by atoms with Crippen LogP contribution in [0.3, 0.4) is 0 Å². The summed E-state index contributed by atoms with van der Waals surface area (Å²) in [5, 5.41) is 10.7. The van der Waals surface area contributed by atoms with Crippen molar-refractivity contribution in [2.45, 2.75) is 0 Å². The fraction of sp³-hybridized carbons (Fsp3) is 0. The Kier molecular flexibility index (Phi) is 3.06. The van der Waals surface area contributed by atoms with Crippen molar-refractivity contribution in [1.29, 1.82) is 0 Å². The van der Waals surface area contributed by atoms with Crippen LogP contribution in [-0.2, 0) is 0 Å². The van der Waals surface area contributed by atoms with Crippen molar-refractivity contribution < 1.29 is 4.92 Å². The molecule has 0 radical (unpaired) electrons. The standard InChI is InChI=1S/C11H8BrN3O2/c12-8-3-1-7(2-4-8)10-5-9(15(16)17)6-11(13)14-10/h1-6H,(H2,13,14). The number of nitrogen functional groups attached to an aromatic ring is 1. The van der Waals surface area contributed by atoms with Gasteiger partial charge in [0.05, 0.1) is 16.7 Å². The second-order valence-corrected chi connectivity index (χ2v) is 4.32. The molecule has 0 aliphatic rings. The lowest BCUT2D eigenvalue weighted by Crippen LogP contribution is -1.96. The van der Waals surface area contributed by atoms with Crippen LogP contribution in [0, 0.1) is 10.1 Å². The van der Waals surface area contributed by atoms with Gasteiger partial charge in [-0.05, 0) is 12.1 Å². The third kappa shape index (κ3) is 2.59. The Balaban J connectivity index is 2.51. The Morgan fingerprint density at radius 1 is 1.24 bits per heavy atom. The van der Waals surface area contributed by atoms with Crippen LogP contribution in [0.5, 0.6) is 0 Å². The number of anilines is 1. The summed E-state index contributed by atoms with van der Waals surface area (Å²) < 4.78 is 0.930. The minimum Gasteiger partial charge on any atom is -0.383 e. The third-order valence-corrected chi connectivity index (χ3v) is 2.71. The first-order chi connectivity index (χ1) is 8.06. The number of aromatic nitrogens is 1. The fourth-order valence-electron chi connectivity index (χ4n) is 1.41. The predicted molar refractivity (Wildman–Crippen MR) is 68.4 cm³/mol. The SMILES string of the molecule is Nc1cc([N+](=O)[O-])cc(-c2ccc(Br)cc2)n1. The van der Waals surface area contributed by atoms with Crippen molar-refractivity contribution in [3.8, 4) is 11.3 Å². The molecule has 2 rings (SSSR count). The van der Waals surface area contributed by atoms with E-state index in [0.717, 1.165) is 10.0 Å². The van der Waals surface area contributed by atoms with Gasteiger partial charge in [0.1, 0.15) is 5.82 Å². The average molecular weight is 294 g/mol. The molecule has 5 nitrogen and oxygen atoms in total. The molecular formula is C11H8BrN3O2. The zero-order chi connectivity index (χ0) is 12.4. The van der Waals surface area contributed by atoms with E-state index >= 15 is 0 Å². The topological polar surface area (TPSA) is 82.0 Å². The summed E-state index contributed by atoms with van der Waals surface area (Å²) >= 11 is 3.32. The number of hydrogen-bond donors (Lipinski definition) is 1. The molecule has 2 aromatic rings.